The van der Waals surface area contributed by atoms with E-state index in [4.69, 9.17) is 0 Å². The third-order valence-electron chi connectivity index (χ3n) is 2.11. The summed E-state index contributed by atoms with van der Waals surface area (Å²) in [6.45, 7) is 3.39. The van der Waals surface area contributed by atoms with Gasteiger partial charge in [0.25, 0.3) is 0 Å². The molecule has 0 radical (unpaired) electrons. The van der Waals surface area contributed by atoms with Gasteiger partial charge < -0.3 is 5.11 Å². The molecule has 0 bridgehead atoms. The first-order valence-electron chi connectivity index (χ1n) is 5.06. The van der Waals surface area contributed by atoms with Gasteiger partial charge in [0.1, 0.15) is 5.76 Å². The Kier molecular flexibility index (Phi) is 4.45. The molecule has 3 heteroatoms. The van der Waals surface area contributed by atoms with Gasteiger partial charge in [-0.1, -0.05) is 30.3 Å². The minimum atomic E-state index is -0.184. The van der Waals surface area contributed by atoms with Crippen LogP contribution >= 0.6 is 0 Å². The summed E-state index contributed by atoms with van der Waals surface area (Å²) in [7, 11) is 0. The summed E-state index contributed by atoms with van der Waals surface area (Å²) in [5.74, 6) is -0.180. The number of nitrogens with zero attached hydrogens (tertiary/aromatic N) is 1. The summed E-state index contributed by atoms with van der Waals surface area (Å²) < 4.78 is 0. The number of hydrogen-bond acceptors (Lipinski definition) is 3. The first-order chi connectivity index (χ1) is 7.61. The second kappa shape index (κ2) is 5.85. The Morgan fingerprint density at radius 1 is 1.31 bits per heavy atom. The number of aliphatic imine (C=N–C) groups is 1. The molecule has 0 heterocycles. The van der Waals surface area contributed by atoms with Crippen molar-refractivity contribution in [2.75, 3.05) is 0 Å². The highest BCUT2D eigenvalue weighted by Crippen LogP contribution is 2.03. The molecule has 3 nitrogen and oxygen atoms in total. The highest BCUT2D eigenvalue weighted by Gasteiger charge is 2.03. The molecule has 0 aliphatic heterocycles. The van der Waals surface area contributed by atoms with Crippen LogP contribution in [0.1, 0.15) is 19.4 Å². The van der Waals surface area contributed by atoms with Crippen molar-refractivity contribution in [1.29, 1.82) is 0 Å². The molecule has 0 aromatic heterocycles. The zero-order valence-electron chi connectivity index (χ0n) is 9.47. The van der Waals surface area contributed by atoms with Gasteiger partial charge in [-0.15, -0.1) is 0 Å². The fourth-order valence-electron chi connectivity index (χ4n) is 1.26. The molecule has 0 saturated carbocycles. The molecule has 0 amide bonds. The SMILES string of the molecule is CC(=O)/C(C=NCc1ccccc1)=C(\C)O. The molecule has 16 heavy (non-hydrogen) atoms. The Hall–Kier alpha value is -1.90. The Morgan fingerprint density at radius 3 is 2.44 bits per heavy atom. The standard InChI is InChI=1S/C13H15NO2/c1-10(15)13(11(2)16)9-14-8-12-6-4-3-5-7-12/h3-7,9,15H,8H2,1-2H3/b13-10+,14-9?. The molecule has 1 N–H and O–H groups in total. The lowest BCUT2D eigenvalue weighted by atomic mass is 10.2. The van der Waals surface area contributed by atoms with Crippen molar-refractivity contribution in [3.63, 3.8) is 0 Å². The van der Waals surface area contributed by atoms with Crippen LogP contribution in [0.15, 0.2) is 46.7 Å². The quantitative estimate of drug-likeness (QED) is 0.479. The smallest absolute Gasteiger partial charge is 0.164 e. The summed E-state index contributed by atoms with van der Waals surface area (Å²) in [5.41, 5.74) is 1.33. The van der Waals surface area contributed by atoms with Crippen LogP contribution in [0.5, 0.6) is 0 Å². The zero-order chi connectivity index (χ0) is 12.0. The Labute approximate surface area is 95.1 Å². The van der Waals surface area contributed by atoms with Gasteiger partial charge in [0.15, 0.2) is 5.78 Å². The van der Waals surface area contributed by atoms with Gasteiger partial charge in [0.2, 0.25) is 0 Å². The molecule has 0 spiro atoms. The van der Waals surface area contributed by atoms with Gasteiger partial charge in [-0.2, -0.15) is 0 Å². The van der Waals surface area contributed by atoms with Gasteiger partial charge in [0.05, 0.1) is 12.1 Å². The number of rotatable bonds is 4. The number of allylic oxidation sites excluding steroid dienone is 2. The lowest BCUT2D eigenvalue weighted by molar-refractivity contribution is -0.113. The number of benzene rings is 1. The van der Waals surface area contributed by atoms with Gasteiger partial charge in [-0.05, 0) is 19.4 Å². The predicted molar refractivity (Wildman–Crippen MR) is 64.6 cm³/mol. The number of aliphatic hydroxyl groups excluding tert-OH is 1. The number of aliphatic hydroxyl groups is 1. The van der Waals surface area contributed by atoms with Crippen LogP contribution in [0.2, 0.25) is 0 Å². The molecule has 1 rings (SSSR count). The topological polar surface area (TPSA) is 49.7 Å². The van der Waals surface area contributed by atoms with E-state index in [1.807, 2.05) is 30.3 Å². The number of carbonyl (C=O) groups excluding carboxylic acids is 1. The maximum absolute atomic E-state index is 11.1. The van der Waals surface area contributed by atoms with Gasteiger partial charge >= 0.3 is 0 Å². The molecule has 0 atom stereocenters. The third kappa shape index (κ3) is 3.69. The fourth-order valence-corrected chi connectivity index (χ4v) is 1.26. The first-order valence-corrected chi connectivity index (χ1v) is 5.06. The van der Waals surface area contributed by atoms with E-state index in [0.29, 0.717) is 6.54 Å². The van der Waals surface area contributed by atoms with Crippen LogP contribution in [0.4, 0.5) is 0 Å². The number of Topliss-reactive ketones (excluding diaryl/α,β-unsaturated/α-hetero) is 1. The van der Waals surface area contributed by atoms with Crippen molar-refractivity contribution in [2.24, 2.45) is 4.99 Å². The average Bonchev–Trinajstić information content (AvgIpc) is 2.24. The number of hydrogen-bond donors (Lipinski definition) is 1. The predicted octanol–water partition coefficient (Wildman–Crippen LogP) is 2.68. The Bertz CT molecular complexity index is 415. The van der Waals surface area contributed by atoms with E-state index in [9.17, 15) is 9.90 Å². The molecule has 0 fully saturated rings. The van der Waals surface area contributed by atoms with Crippen molar-refractivity contribution < 1.29 is 9.90 Å². The molecule has 84 valence electrons. The Balaban J connectivity index is 2.68. The maximum atomic E-state index is 11.1. The second-order valence-corrected chi connectivity index (χ2v) is 3.51. The highest BCUT2D eigenvalue weighted by molar-refractivity contribution is 6.12. The fraction of sp³-hybridized carbons (Fsp3) is 0.231. The lowest BCUT2D eigenvalue weighted by Crippen LogP contribution is -2.01. The zero-order valence-corrected chi connectivity index (χ0v) is 9.47. The molecule has 0 saturated heterocycles. The van der Waals surface area contributed by atoms with Gasteiger partial charge in [0, 0.05) is 6.21 Å². The van der Waals surface area contributed by atoms with Crippen molar-refractivity contribution >= 4 is 12.0 Å². The molecule has 1 aromatic rings. The average molecular weight is 217 g/mol. The lowest BCUT2D eigenvalue weighted by Gasteiger charge is -1.98. The number of ketones is 1. The maximum Gasteiger partial charge on any atom is 0.164 e. The minimum absolute atomic E-state index is 0.00399. The minimum Gasteiger partial charge on any atom is -0.512 e. The molecule has 0 aliphatic rings. The first kappa shape index (κ1) is 12.2. The van der Waals surface area contributed by atoms with E-state index in [0.717, 1.165) is 5.56 Å². The normalized spacial score (nSPS) is 12.6. The third-order valence-corrected chi connectivity index (χ3v) is 2.11. The summed E-state index contributed by atoms with van der Waals surface area (Å²) >= 11 is 0. The molecular weight excluding hydrogens is 202 g/mol. The van der Waals surface area contributed by atoms with E-state index in [1.54, 1.807) is 0 Å². The monoisotopic (exact) mass is 217 g/mol. The van der Waals surface area contributed by atoms with E-state index >= 15 is 0 Å². The van der Waals surface area contributed by atoms with Crippen LogP contribution in [0.25, 0.3) is 0 Å². The van der Waals surface area contributed by atoms with Crippen molar-refractivity contribution in [3.8, 4) is 0 Å². The molecular formula is C13H15NO2. The number of carbonyl (C=O) groups is 1. The molecule has 0 aliphatic carbocycles. The summed E-state index contributed by atoms with van der Waals surface area (Å²) in [6, 6.07) is 9.72. The van der Waals surface area contributed by atoms with E-state index < -0.39 is 0 Å². The van der Waals surface area contributed by atoms with Gasteiger partial charge in [-0.3, -0.25) is 9.79 Å². The second-order valence-electron chi connectivity index (χ2n) is 3.51. The van der Waals surface area contributed by atoms with Crippen LogP contribution in [-0.2, 0) is 11.3 Å². The molecule has 0 unspecified atom stereocenters. The van der Waals surface area contributed by atoms with E-state index in [-0.39, 0.29) is 17.1 Å². The summed E-state index contributed by atoms with van der Waals surface area (Å²) in [6.07, 6.45) is 1.42. The van der Waals surface area contributed by atoms with E-state index in [1.165, 1.54) is 20.1 Å². The summed E-state index contributed by atoms with van der Waals surface area (Å²) in [5, 5.41) is 9.25. The molecule has 1 aromatic carbocycles. The van der Waals surface area contributed by atoms with Gasteiger partial charge in [-0.25, -0.2) is 0 Å². The van der Waals surface area contributed by atoms with Crippen LogP contribution in [0.3, 0.4) is 0 Å². The van der Waals surface area contributed by atoms with Crippen LogP contribution < -0.4 is 0 Å². The summed E-state index contributed by atoms with van der Waals surface area (Å²) in [4.78, 5) is 15.2. The van der Waals surface area contributed by atoms with Crippen LogP contribution in [-0.4, -0.2) is 17.1 Å². The highest BCUT2D eigenvalue weighted by atomic mass is 16.3. The Morgan fingerprint density at radius 2 is 1.94 bits per heavy atom. The van der Waals surface area contributed by atoms with Crippen LogP contribution in [0, 0.1) is 0 Å². The van der Waals surface area contributed by atoms with Crippen molar-refractivity contribution in [1.82, 2.24) is 0 Å². The van der Waals surface area contributed by atoms with Crippen molar-refractivity contribution in [3.05, 3.63) is 47.2 Å². The largest absolute Gasteiger partial charge is 0.512 e. The van der Waals surface area contributed by atoms with Crippen molar-refractivity contribution in [2.45, 2.75) is 20.4 Å². The van der Waals surface area contributed by atoms with E-state index in [2.05, 4.69) is 4.99 Å².